The van der Waals surface area contributed by atoms with Crippen molar-refractivity contribution < 1.29 is 14.6 Å². The van der Waals surface area contributed by atoms with E-state index in [0.29, 0.717) is 11.2 Å². The van der Waals surface area contributed by atoms with Crippen LogP contribution in [0.15, 0.2) is 17.8 Å². The molecular formula is C11H11ClN8O3. The van der Waals surface area contributed by atoms with Gasteiger partial charge in [-0.1, -0.05) is 16.7 Å². The van der Waals surface area contributed by atoms with Gasteiger partial charge in [0.25, 0.3) is 0 Å². The molecule has 1 aliphatic heterocycles. The quantitative estimate of drug-likeness (QED) is 0.352. The van der Waals surface area contributed by atoms with E-state index >= 15 is 0 Å². The predicted octanol–water partition coefficient (Wildman–Crippen LogP) is 0.163. The van der Waals surface area contributed by atoms with E-state index in [4.69, 9.17) is 21.9 Å². The van der Waals surface area contributed by atoms with Crippen LogP contribution in [0.4, 0.5) is 0 Å². The molecule has 3 rings (SSSR count). The Labute approximate surface area is 133 Å². The molecule has 1 fully saturated rings. The van der Waals surface area contributed by atoms with Gasteiger partial charge in [-0.2, -0.15) is 0 Å². The summed E-state index contributed by atoms with van der Waals surface area (Å²) >= 11 is 5.93. The van der Waals surface area contributed by atoms with Gasteiger partial charge < -0.3 is 15.2 Å². The molecule has 23 heavy (non-hydrogen) atoms. The van der Waals surface area contributed by atoms with Crippen LogP contribution in [0.1, 0.15) is 6.23 Å². The molecule has 11 nitrogen and oxygen atoms in total. The molecule has 0 saturated carbocycles. The van der Waals surface area contributed by atoms with Gasteiger partial charge in [-0.15, -0.1) is 0 Å². The summed E-state index contributed by atoms with van der Waals surface area (Å²) in [6, 6.07) is -1.08. The zero-order valence-electron chi connectivity index (χ0n) is 11.7. The first-order valence-corrected chi connectivity index (χ1v) is 6.88. The number of amides is 1. The number of nitrogens with one attached hydrogen (secondary N) is 1. The highest BCUT2D eigenvalue weighted by Gasteiger charge is 2.48. The molecule has 0 aliphatic carbocycles. The number of likely N-dealkylation sites (N-methyl/N-ethyl adjacent to an activating group) is 1. The number of hydrogen-bond acceptors (Lipinski definition) is 7. The fraction of sp³-hybridized carbons (Fsp3) is 0.455. The van der Waals surface area contributed by atoms with Crippen molar-refractivity contribution >= 4 is 28.7 Å². The van der Waals surface area contributed by atoms with Gasteiger partial charge in [-0.05, 0) is 5.53 Å². The summed E-state index contributed by atoms with van der Waals surface area (Å²) in [6.45, 7) is 0. The maximum Gasteiger partial charge on any atom is 0.249 e. The monoisotopic (exact) mass is 338 g/mol. The Kier molecular flexibility index (Phi) is 4.01. The van der Waals surface area contributed by atoms with Crippen molar-refractivity contribution in [1.29, 1.82) is 0 Å². The summed E-state index contributed by atoms with van der Waals surface area (Å²) in [5, 5.41) is 16.4. The van der Waals surface area contributed by atoms with Crippen LogP contribution in [0.2, 0.25) is 5.15 Å². The molecule has 4 unspecified atom stereocenters. The number of imidazole rings is 1. The van der Waals surface area contributed by atoms with Crippen LogP contribution in [0.3, 0.4) is 0 Å². The highest BCUT2D eigenvalue weighted by atomic mass is 35.5. The minimum Gasteiger partial charge on any atom is -0.388 e. The second kappa shape index (κ2) is 5.97. The molecule has 0 aromatic carbocycles. The van der Waals surface area contributed by atoms with Crippen molar-refractivity contribution in [3.05, 3.63) is 28.3 Å². The van der Waals surface area contributed by atoms with Gasteiger partial charge in [0, 0.05) is 12.0 Å². The lowest BCUT2D eigenvalue weighted by Gasteiger charge is -2.16. The molecule has 120 valence electrons. The van der Waals surface area contributed by atoms with Crippen LogP contribution < -0.4 is 5.32 Å². The topological polar surface area (TPSA) is 151 Å². The third-order valence-corrected chi connectivity index (χ3v) is 3.79. The van der Waals surface area contributed by atoms with Crippen molar-refractivity contribution in [2.24, 2.45) is 5.11 Å². The Hall–Kier alpha value is -2.46. The molecule has 2 aromatic rings. The number of fused-ring (bicyclic) bond motifs is 1. The Morgan fingerprint density at radius 2 is 2.35 bits per heavy atom. The van der Waals surface area contributed by atoms with Crippen molar-refractivity contribution in [3.63, 3.8) is 0 Å². The second-order valence-electron chi connectivity index (χ2n) is 4.74. The maximum absolute atomic E-state index is 11.9. The molecule has 2 N–H and O–H groups in total. The molecule has 1 saturated heterocycles. The van der Waals surface area contributed by atoms with E-state index in [9.17, 15) is 9.90 Å². The van der Waals surface area contributed by atoms with E-state index in [1.807, 2.05) is 0 Å². The predicted molar refractivity (Wildman–Crippen MR) is 77.3 cm³/mol. The van der Waals surface area contributed by atoms with Crippen LogP contribution in [-0.4, -0.2) is 55.8 Å². The summed E-state index contributed by atoms with van der Waals surface area (Å²) in [5.74, 6) is -0.513. The standard InChI is InChI=1S/C11H11ClN8O3/c1-14-10(22)7-4(18-19-13)6(21)11(23-7)20-3-17-5-8(12)15-2-16-9(5)20/h2-4,6-7,11,21H,1H3,(H,14,22). The normalized spacial score (nSPS) is 26.9. The molecule has 4 atom stereocenters. The summed E-state index contributed by atoms with van der Waals surface area (Å²) in [6.07, 6.45) is -0.808. The smallest absolute Gasteiger partial charge is 0.249 e. The average molecular weight is 339 g/mol. The molecule has 1 aliphatic rings. The molecular weight excluding hydrogens is 328 g/mol. The van der Waals surface area contributed by atoms with Crippen molar-refractivity contribution in [1.82, 2.24) is 24.8 Å². The Balaban J connectivity index is 2.03. The first-order valence-electron chi connectivity index (χ1n) is 6.51. The Morgan fingerprint density at radius 1 is 1.57 bits per heavy atom. The summed E-state index contributed by atoms with van der Waals surface area (Å²) in [5.41, 5.74) is 9.30. The number of halogens is 1. The zero-order chi connectivity index (χ0) is 16.6. The van der Waals surface area contributed by atoms with Crippen LogP contribution in [0.5, 0.6) is 0 Å². The third kappa shape index (κ3) is 2.45. The van der Waals surface area contributed by atoms with Gasteiger partial charge >= 0.3 is 0 Å². The molecule has 0 radical (unpaired) electrons. The van der Waals surface area contributed by atoms with Crippen LogP contribution in [-0.2, 0) is 9.53 Å². The Morgan fingerprint density at radius 3 is 3.04 bits per heavy atom. The molecule has 2 aromatic heterocycles. The highest BCUT2D eigenvalue weighted by Crippen LogP contribution is 2.34. The number of aromatic nitrogens is 4. The summed E-state index contributed by atoms with van der Waals surface area (Å²) in [4.78, 5) is 26.5. The number of aliphatic hydroxyl groups excluding tert-OH is 1. The van der Waals surface area contributed by atoms with Crippen LogP contribution >= 0.6 is 11.6 Å². The number of carbonyl (C=O) groups is 1. The number of rotatable bonds is 3. The number of ether oxygens (including phenoxy) is 1. The first kappa shape index (κ1) is 15.4. The number of hydrogen-bond donors (Lipinski definition) is 2. The van der Waals surface area contributed by atoms with Crippen molar-refractivity contribution in [3.8, 4) is 0 Å². The zero-order valence-corrected chi connectivity index (χ0v) is 12.5. The summed E-state index contributed by atoms with van der Waals surface area (Å²) < 4.78 is 6.99. The lowest BCUT2D eigenvalue weighted by Crippen LogP contribution is -2.40. The van der Waals surface area contributed by atoms with Crippen LogP contribution in [0, 0.1) is 0 Å². The van der Waals surface area contributed by atoms with Gasteiger partial charge in [0.1, 0.15) is 30.1 Å². The minimum atomic E-state index is -1.26. The molecule has 0 spiro atoms. The Bertz CT molecular complexity index is 804. The average Bonchev–Trinajstić information content (AvgIpc) is 3.10. The number of carbonyl (C=O) groups excluding carboxylic acids is 1. The second-order valence-corrected chi connectivity index (χ2v) is 5.09. The van der Waals surface area contributed by atoms with Gasteiger partial charge in [-0.3, -0.25) is 9.36 Å². The lowest BCUT2D eigenvalue weighted by atomic mass is 10.1. The van der Waals surface area contributed by atoms with Gasteiger partial charge in [-0.25, -0.2) is 15.0 Å². The van der Waals surface area contributed by atoms with Crippen molar-refractivity contribution in [2.45, 2.75) is 24.5 Å². The summed E-state index contributed by atoms with van der Waals surface area (Å²) in [7, 11) is 1.41. The number of nitrogens with zero attached hydrogens (tertiary/aromatic N) is 7. The minimum absolute atomic E-state index is 0.149. The van der Waals surface area contributed by atoms with E-state index in [-0.39, 0.29) is 5.15 Å². The molecule has 3 heterocycles. The fourth-order valence-electron chi connectivity index (χ4n) is 2.45. The van der Waals surface area contributed by atoms with E-state index in [1.54, 1.807) is 0 Å². The molecule has 0 bridgehead atoms. The maximum atomic E-state index is 11.9. The molecule has 12 heteroatoms. The van der Waals surface area contributed by atoms with Gasteiger partial charge in [0.05, 0.1) is 6.33 Å². The van der Waals surface area contributed by atoms with Gasteiger partial charge in [0.2, 0.25) is 5.91 Å². The van der Waals surface area contributed by atoms with E-state index in [1.165, 1.54) is 24.3 Å². The third-order valence-electron chi connectivity index (χ3n) is 3.52. The fourth-order valence-corrected chi connectivity index (χ4v) is 2.62. The first-order chi connectivity index (χ1) is 11.1. The lowest BCUT2D eigenvalue weighted by molar-refractivity contribution is -0.134. The SMILES string of the molecule is CNC(=O)C1OC(n2cnc3c(Cl)ncnc32)C(O)C1N=[N+]=[N-]. The van der Waals surface area contributed by atoms with E-state index in [2.05, 4.69) is 30.3 Å². The number of aliphatic hydroxyl groups is 1. The van der Waals surface area contributed by atoms with Gasteiger partial charge in [0.15, 0.2) is 17.0 Å². The van der Waals surface area contributed by atoms with E-state index < -0.39 is 30.4 Å². The van der Waals surface area contributed by atoms with Crippen LogP contribution in [0.25, 0.3) is 21.6 Å². The van der Waals surface area contributed by atoms with E-state index in [0.717, 1.165) is 0 Å². The number of azide groups is 1. The largest absolute Gasteiger partial charge is 0.388 e. The highest BCUT2D eigenvalue weighted by molar-refractivity contribution is 6.33. The molecule has 1 amide bonds. The van der Waals surface area contributed by atoms with Crippen molar-refractivity contribution in [2.75, 3.05) is 7.05 Å².